The quantitative estimate of drug-likeness (QED) is 0.339. The van der Waals surface area contributed by atoms with E-state index >= 15 is 0 Å². The number of amides is 1. The minimum Gasteiger partial charge on any atom is -0.273 e. The SMILES string of the molecule is Cc1ccc(/C=N\NC(=O)CCSc2ccc(Cl)cc2)cc1[N+](=O)[O-]. The number of carbonyl (C=O) groups excluding carboxylic acids is 1. The molecule has 1 amide bonds. The fourth-order valence-electron chi connectivity index (χ4n) is 1.93. The van der Waals surface area contributed by atoms with E-state index in [9.17, 15) is 14.9 Å². The predicted octanol–water partition coefficient (Wildman–Crippen LogP) is 4.19. The summed E-state index contributed by atoms with van der Waals surface area (Å²) in [5.74, 6) is 0.387. The maximum atomic E-state index is 11.7. The van der Waals surface area contributed by atoms with Gasteiger partial charge >= 0.3 is 0 Å². The van der Waals surface area contributed by atoms with Crippen LogP contribution in [0.3, 0.4) is 0 Å². The molecule has 1 N–H and O–H groups in total. The summed E-state index contributed by atoms with van der Waals surface area (Å²) in [6.07, 6.45) is 1.69. The molecule has 25 heavy (non-hydrogen) atoms. The van der Waals surface area contributed by atoms with Crippen molar-refractivity contribution in [3.8, 4) is 0 Å². The molecule has 2 rings (SSSR count). The Morgan fingerprint density at radius 1 is 1.32 bits per heavy atom. The van der Waals surface area contributed by atoms with Crippen LogP contribution in [0.25, 0.3) is 0 Å². The number of hydrazone groups is 1. The number of nitrogens with one attached hydrogen (secondary N) is 1. The summed E-state index contributed by atoms with van der Waals surface area (Å²) in [7, 11) is 0. The average Bonchev–Trinajstić information content (AvgIpc) is 2.58. The van der Waals surface area contributed by atoms with Crippen molar-refractivity contribution in [2.24, 2.45) is 5.10 Å². The van der Waals surface area contributed by atoms with Crippen molar-refractivity contribution in [3.63, 3.8) is 0 Å². The Bertz CT molecular complexity index is 794. The van der Waals surface area contributed by atoms with E-state index in [2.05, 4.69) is 10.5 Å². The first-order valence-corrected chi connectivity index (χ1v) is 8.77. The second-order valence-electron chi connectivity index (χ2n) is 5.15. The molecule has 2 aromatic carbocycles. The molecule has 0 unspecified atom stereocenters. The van der Waals surface area contributed by atoms with E-state index in [0.29, 0.717) is 28.3 Å². The molecule has 0 saturated carbocycles. The summed E-state index contributed by atoms with van der Waals surface area (Å²) in [6.45, 7) is 1.67. The summed E-state index contributed by atoms with van der Waals surface area (Å²) < 4.78 is 0. The summed E-state index contributed by atoms with van der Waals surface area (Å²) >= 11 is 7.36. The fourth-order valence-corrected chi connectivity index (χ4v) is 2.91. The van der Waals surface area contributed by atoms with Gasteiger partial charge in [-0.15, -0.1) is 11.8 Å². The molecule has 0 aliphatic rings. The highest BCUT2D eigenvalue weighted by Gasteiger charge is 2.10. The molecule has 0 spiro atoms. The fraction of sp³-hybridized carbons (Fsp3) is 0.176. The van der Waals surface area contributed by atoms with E-state index in [-0.39, 0.29) is 11.6 Å². The average molecular weight is 378 g/mol. The van der Waals surface area contributed by atoms with Gasteiger partial charge in [-0.2, -0.15) is 5.10 Å². The molecule has 130 valence electrons. The molecule has 0 atom stereocenters. The summed E-state index contributed by atoms with van der Waals surface area (Å²) in [4.78, 5) is 23.2. The first kappa shape index (κ1) is 19.0. The van der Waals surface area contributed by atoms with Crippen LogP contribution in [0.15, 0.2) is 52.5 Å². The zero-order valence-corrected chi connectivity index (χ0v) is 15.0. The molecule has 0 fully saturated rings. The van der Waals surface area contributed by atoms with Crippen LogP contribution in [0.2, 0.25) is 5.02 Å². The van der Waals surface area contributed by atoms with Crippen LogP contribution in [-0.4, -0.2) is 22.8 Å². The highest BCUT2D eigenvalue weighted by Crippen LogP contribution is 2.21. The van der Waals surface area contributed by atoms with Gasteiger partial charge in [-0.1, -0.05) is 23.7 Å². The number of hydrogen-bond donors (Lipinski definition) is 1. The van der Waals surface area contributed by atoms with Gasteiger partial charge in [0.2, 0.25) is 5.91 Å². The van der Waals surface area contributed by atoms with Crippen molar-refractivity contribution in [2.45, 2.75) is 18.2 Å². The van der Waals surface area contributed by atoms with E-state index in [1.54, 1.807) is 43.0 Å². The molecular weight excluding hydrogens is 362 g/mol. The minimum atomic E-state index is -0.445. The number of nitro groups is 1. The van der Waals surface area contributed by atoms with Crippen LogP contribution >= 0.6 is 23.4 Å². The van der Waals surface area contributed by atoms with Gasteiger partial charge in [0.1, 0.15) is 0 Å². The van der Waals surface area contributed by atoms with Crippen molar-refractivity contribution in [2.75, 3.05) is 5.75 Å². The Morgan fingerprint density at radius 2 is 2.04 bits per heavy atom. The lowest BCUT2D eigenvalue weighted by molar-refractivity contribution is -0.385. The van der Waals surface area contributed by atoms with Crippen LogP contribution in [0.5, 0.6) is 0 Å². The Hall–Kier alpha value is -2.38. The lowest BCUT2D eigenvalue weighted by atomic mass is 10.1. The van der Waals surface area contributed by atoms with Gasteiger partial charge in [0.25, 0.3) is 5.69 Å². The third-order valence-corrected chi connectivity index (χ3v) is 4.51. The number of halogens is 1. The first-order chi connectivity index (χ1) is 12.0. The molecule has 0 heterocycles. The zero-order valence-electron chi connectivity index (χ0n) is 13.4. The van der Waals surface area contributed by atoms with Crippen LogP contribution < -0.4 is 5.43 Å². The maximum Gasteiger partial charge on any atom is 0.272 e. The van der Waals surface area contributed by atoms with Crippen molar-refractivity contribution in [3.05, 3.63) is 68.7 Å². The Kier molecular flexibility index (Phi) is 6.97. The number of rotatable bonds is 7. The summed E-state index contributed by atoms with van der Waals surface area (Å²) in [6, 6.07) is 12.2. The van der Waals surface area contributed by atoms with Crippen LogP contribution in [0, 0.1) is 17.0 Å². The molecule has 0 aliphatic carbocycles. The molecule has 0 aromatic heterocycles. The number of carbonyl (C=O) groups is 1. The van der Waals surface area contributed by atoms with Crippen LogP contribution in [0.4, 0.5) is 5.69 Å². The lowest BCUT2D eigenvalue weighted by Gasteiger charge is -2.02. The van der Waals surface area contributed by atoms with E-state index in [4.69, 9.17) is 11.6 Å². The van der Waals surface area contributed by atoms with E-state index < -0.39 is 4.92 Å². The number of nitro benzene ring substituents is 1. The van der Waals surface area contributed by atoms with Crippen molar-refractivity contribution in [1.29, 1.82) is 0 Å². The zero-order chi connectivity index (χ0) is 18.2. The summed E-state index contributed by atoms with van der Waals surface area (Å²) in [5.41, 5.74) is 3.56. The maximum absolute atomic E-state index is 11.7. The Labute approximate surface area is 154 Å². The van der Waals surface area contributed by atoms with E-state index in [1.165, 1.54) is 12.3 Å². The smallest absolute Gasteiger partial charge is 0.272 e. The number of aryl methyl sites for hydroxylation is 1. The third-order valence-electron chi connectivity index (χ3n) is 3.24. The third kappa shape index (κ3) is 6.21. The number of benzene rings is 2. The monoisotopic (exact) mass is 377 g/mol. The highest BCUT2D eigenvalue weighted by molar-refractivity contribution is 7.99. The molecule has 8 heteroatoms. The van der Waals surface area contributed by atoms with Gasteiger partial charge in [-0.3, -0.25) is 14.9 Å². The second kappa shape index (κ2) is 9.19. The molecular formula is C17H16ClN3O3S. The molecule has 0 bridgehead atoms. The van der Waals surface area contributed by atoms with Gasteiger partial charge < -0.3 is 0 Å². The molecule has 0 saturated heterocycles. The second-order valence-corrected chi connectivity index (χ2v) is 6.75. The van der Waals surface area contributed by atoms with Crippen molar-refractivity contribution < 1.29 is 9.72 Å². The lowest BCUT2D eigenvalue weighted by Crippen LogP contribution is -2.17. The van der Waals surface area contributed by atoms with E-state index in [1.807, 2.05) is 12.1 Å². The minimum absolute atomic E-state index is 0.0228. The summed E-state index contributed by atoms with van der Waals surface area (Å²) in [5, 5.41) is 15.4. The number of thioether (sulfide) groups is 1. The molecule has 6 nitrogen and oxygen atoms in total. The Balaban J connectivity index is 1.79. The molecule has 0 radical (unpaired) electrons. The Morgan fingerprint density at radius 3 is 2.72 bits per heavy atom. The largest absolute Gasteiger partial charge is 0.273 e. The van der Waals surface area contributed by atoms with Gasteiger partial charge in [0, 0.05) is 39.3 Å². The van der Waals surface area contributed by atoms with Crippen LogP contribution in [0.1, 0.15) is 17.5 Å². The topological polar surface area (TPSA) is 84.6 Å². The first-order valence-electron chi connectivity index (χ1n) is 7.41. The molecule has 0 aliphatic heterocycles. The van der Waals surface area contributed by atoms with Gasteiger partial charge in [0.15, 0.2) is 0 Å². The standard InChI is InChI=1S/C17H16ClN3O3S/c1-12-2-3-13(10-16(12)21(23)24)11-19-20-17(22)8-9-25-15-6-4-14(18)5-7-15/h2-7,10-11H,8-9H2,1H3,(H,20,22)/b19-11-. The van der Waals surface area contributed by atoms with Crippen LogP contribution in [-0.2, 0) is 4.79 Å². The predicted molar refractivity (Wildman–Crippen MR) is 100 cm³/mol. The number of hydrogen-bond acceptors (Lipinski definition) is 5. The molecule has 2 aromatic rings. The van der Waals surface area contributed by atoms with Crippen molar-refractivity contribution >= 4 is 41.2 Å². The number of nitrogens with zero attached hydrogens (tertiary/aromatic N) is 2. The normalized spacial score (nSPS) is 10.8. The van der Waals surface area contributed by atoms with Gasteiger partial charge in [-0.05, 0) is 31.2 Å². The van der Waals surface area contributed by atoms with Crippen molar-refractivity contribution in [1.82, 2.24) is 5.43 Å². The van der Waals surface area contributed by atoms with Gasteiger partial charge in [-0.25, -0.2) is 5.43 Å². The van der Waals surface area contributed by atoms with E-state index in [0.717, 1.165) is 4.90 Å². The van der Waals surface area contributed by atoms with Gasteiger partial charge in [0.05, 0.1) is 11.1 Å². The highest BCUT2D eigenvalue weighted by atomic mass is 35.5.